The van der Waals surface area contributed by atoms with Gasteiger partial charge in [-0.1, -0.05) is 66.4 Å². The average molecular weight is 368 g/mol. The summed E-state index contributed by atoms with van der Waals surface area (Å²) in [5, 5.41) is 11.7. The van der Waals surface area contributed by atoms with E-state index in [1.54, 1.807) is 36.4 Å². The SMILES string of the molecule is O=C(CC(O)(C#Cc1ccccc1)C(F)(F)F)c1ccc2ccccc2c1. The molecule has 0 aromatic heterocycles. The predicted octanol–water partition coefficient (Wildman–Crippen LogP) is 4.76. The van der Waals surface area contributed by atoms with Gasteiger partial charge in [-0.15, -0.1) is 0 Å². The molecule has 3 rings (SSSR count). The van der Waals surface area contributed by atoms with E-state index in [0.717, 1.165) is 10.8 Å². The van der Waals surface area contributed by atoms with E-state index in [1.807, 2.05) is 18.1 Å². The van der Waals surface area contributed by atoms with Crippen LogP contribution in [0.2, 0.25) is 0 Å². The summed E-state index contributed by atoms with van der Waals surface area (Å²) < 4.78 is 40.3. The Morgan fingerprint density at radius 3 is 2.19 bits per heavy atom. The maximum atomic E-state index is 13.4. The van der Waals surface area contributed by atoms with Crippen molar-refractivity contribution in [3.05, 3.63) is 83.9 Å². The number of benzene rings is 3. The maximum absolute atomic E-state index is 13.4. The number of Topliss-reactive ketones (excluding diaryl/α,β-unsaturated/α-hetero) is 1. The third-order valence-corrected chi connectivity index (χ3v) is 4.14. The van der Waals surface area contributed by atoms with Crippen molar-refractivity contribution in [3.63, 3.8) is 0 Å². The van der Waals surface area contributed by atoms with Crippen LogP contribution < -0.4 is 0 Å². The van der Waals surface area contributed by atoms with Crippen LogP contribution in [0.4, 0.5) is 13.2 Å². The van der Waals surface area contributed by atoms with Gasteiger partial charge < -0.3 is 5.11 Å². The molecule has 0 radical (unpaired) electrons. The van der Waals surface area contributed by atoms with Crippen molar-refractivity contribution >= 4 is 16.6 Å². The summed E-state index contributed by atoms with van der Waals surface area (Å²) in [7, 11) is 0. The van der Waals surface area contributed by atoms with Crippen molar-refractivity contribution in [1.29, 1.82) is 0 Å². The number of rotatable bonds is 3. The van der Waals surface area contributed by atoms with Crippen molar-refractivity contribution in [2.75, 3.05) is 0 Å². The van der Waals surface area contributed by atoms with Gasteiger partial charge in [0.2, 0.25) is 5.60 Å². The highest BCUT2D eigenvalue weighted by atomic mass is 19.4. The summed E-state index contributed by atoms with van der Waals surface area (Å²) in [5.41, 5.74) is -3.01. The Hall–Kier alpha value is -3.10. The van der Waals surface area contributed by atoms with Gasteiger partial charge in [0.05, 0.1) is 6.42 Å². The third-order valence-electron chi connectivity index (χ3n) is 4.14. The van der Waals surface area contributed by atoms with Crippen molar-refractivity contribution < 1.29 is 23.1 Å². The summed E-state index contributed by atoms with van der Waals surface area (Å²) in [6.45, 7) is 0. The van der Waals surface area contributed by atoms with Crippen LogP contribution in [0, 0.1) is 11.8 Å². The molecule has 0 aliphatic heterocycles. The topological polar surface area (TPSA) is 37.3 Å². The smallest absolute Gasteiger partial charge is 0.369 e. The highest BCUT2D eigenvalue weighted by Crippen LogP contribution is 2.34. The zero-order valence-electron chi connectivity index (χ0n) is 14.1. The summed E-state index contributed by atoms with van der Waals surface area (Å²) in [4.78, 5) is 12.4. The number of alkyl halides is 3. The summed E-state index contributed by atoms with van der Waals surface area (Å²) in [6.07, 6.45) is -6.24. The molecule has 1 atom stereocenters. The van der Waals surface area contributed by atoms with E-state index in [9.17, 15) is 23.1 Å². The normalized spacial score (nSPS) is 13.5. The zero-order valence-corrected chi connectivity index (χ0v) is 14.1. The number of carbonyl (C=O) groups is 1. The van der Waals surface area contributed by atoms with Gasteiger partial charge in [-0.2, -0.15) is 13.2 Å². The quantitative estimate of drug-likeness (QED) is 0.535. The first-order valence-electron chi connectivity index (χ1n) is 8.18. The van der Waals surface area contributed by atoms with Gasteiger partial charge >= 0.3 is 6.18 Å². The molecule has 1 unspecified atom stereocenters. The minimum Gasteiger partial charge on any atom is -0.369 e. The molecule has 0 spiro atoms. The van der Waals surface area contributed by atoms with Crippen LogP contribution >= 0.6 is 0 Å². The van der Waals surface area contributed by atoms with E-state index < -0.39 is 24.0 Å². The fourth-order valence-corrected chi connectivity index (χ4v) is 2.61. The first-order valence-corrected chi connectivity index (χ1v) is 8.18. The molecule has 1 N–H and O–H groups in total. The van der Waals surface area contributed by atoms with E-state index in [-0.39, 0.29) is 5.56 Å². The Bertz CT molecular complexity index is 1030. The molecule has 0 fully saturated rings. The third kappa shape index (κ3) is 4.18. The lowest BCUT2D eigenvalue weighted by molar-refractivity contribution is -0.233. The van der Waals surface area contributed by atoms with Gasteiger partial charge in [0, 0.05) is 11.1 Å². The Kier molecular flexibility index (Phi) is 5.02. The molecular formula is C22H15F3O2. The highest BCUT2D eigenvalue weighted by Gasteiger charge is 2.54. The molecule has 0 aliphatic rings. The Balaban J connectivity index is 1.91. The first-order chi connectivity index (χ1) is 12.8. The van der Waals surface area contributed by atoms with Crippen molar-refractivity contribution in [2.24, 2.45) is 0 Å². The highest BCUT2D eigenvalue weighted by molar-refractivity contribution is 6.00. The molecule has 5 heteroatoms. The number of aliphatic hydroxyl groups is 1. The van der Waals surface area contributed by atoms with Crippen molar-refractivity contribution in [2.45, 2.75) is 18.2 Å². The van der Waals surface area contributed by atoms with E-state index in [0.29, 0.717) is 5.56 Å². The number of fused-ring (bicyclic) bond motifs is 1. The maximum Gasteiger partial charge on any atom is 0.429 e. The second-order valence-corrected chi connectivity index (χ2v) is 6.14. The van der Waals surface area contributed by atoms with Crippen LogP contribution in [-0.2, 0) is 0 Å². The molecule has 2 nitrogen and oxygen atoms in total. The van der Waals surface area contributed by atoms with E-state index in [1.165, 1.54) is 24.3 Å². The van der Waals surface area contributed by atoms with Crippen molar-refractivity contribution in [1.82, 2.24) is 0 Å². The van der Waals surface area contributed by atoms with Crippen LogP contribution in [0.1, 0.15) is 22.3 Å². The van der Waals surface area contributed by atoms with Gasteiger partial charge in [-0.05, 0) is 29.0 Å². The van der Waals surface area contributed by atoms with Gasteiger partial charge in [-0.25, -0.2) is 0 Å². The minimum absolute atomic E-state index is 0.0953. The minimum atomic E-state index is -5.07. The van der Waals surface area contributed by atoms with Gasteiger partial charge in [0.15, 0.2) is 5.78 Å². The molecule has 0 amide bonds. The molecule has 0 aliphatic carbocycles. The molecule has 0 bridgehead atoms. The zero-order chi connectivity index (χ0) is 19.5. The van der Waals surface area contributed by atoms with Crippen LogP contribution in [0.3, 0.4) is 0 Å². The lowest BCUT2D eigenvalue weighted by Crippen LogP contribution is -2.45. The second-order valence-electron chi connectivity index (χ2n) is 6.14. The predicted molar refractivity (Wildman–Crippen MR) is 97.2 cm³/mol. The van der Waals surface area contributed by atoms with Crippen LogP contribution in [0.5, 0.6) is 0 Å². The summed E-state index contributed by atoms with van der Waals surface area (Å²) in [6, 6.07) is 19.8. The molecule has 3 aromatic carbocycles. The van der Waals surface area contributed by atoms with Crippen LogP contribution in [0.15, 0.2) is 72.8 Å². The summed E-state index contributed by atoms with van der Waals surface area (Å²) in [5.74, 6) is 3.33. The van der Waals surface area contributed by atoms with Crippen LogP contribution in [0.25, 0.3) is 10.8 Å². The van der Waals surface area contributed by atoms with E-state index in [2.05, 4.69) is 5.92 Å². The van der Waals surface area contributed by atoms with Gasteiger partial charge in [0.1, 0.15) is 0 Å². The van der Waals surface area contributed by atoms with Crippen LogP contribution in [-0.4, -0.2) is 22.7 Å². The molecule has 27 heavy (non-hydrogen) atoms. The average Bonchev–Trinajstić information content (AvgIpc) is 2.66. The fourth-order valence-electron chi connectivity index (χ4n) is 2.61. The molecule has 0 saturated heterocycles. The largest absolute Gasteiger partial charge is 0.429 e. The van der Waals surface area contributed by atoms with E-state index in [4.69, 9.17) is 0 Å². The monoisotopic (exact) mass is 368 g/mol. The number of halogens is 3. The number of ketones is 1. The molecule has 3 aromatic rings. The number of hydrogen-bond donors (Lipinski definition) is 1. The summed E-state index contributed by atoms with van der Waals surface area (Å²) >= 11 is 0. The Labute approximate surface area is 154 Å². The Morgan fingerprint density at radius 2 is 1.52 bits per heavy atom. The van der Waals surface area contributed by atoms with Gasteiger partial charge in [0.25, 0.3) is 0 Å². The second kappa shape index (κ2) is 7.26. The molecular weight excluding hydrogens is 353 g/mol. The first kappa shape index (κ1) is 18.7. The Morgan fingerprint density at radius 1 is 0.889 bits per heavy atom. The molecule has 0 saturated carbocycles. The lowest BCUT2D eigenvalue weighted by atomic mass is 9.92. The molecule has 136 valence electrons. The number of carbonyl (C=O) groups excluding carboxylic acids is 1. The standard InChI is InChI=1S/C22H15F3O2/c23-22(24,25)21(27,13-12-16-6-2-1-3-7-16)15-20(26)19-11-10-17-8-4-5-9-18(17)14-19/h1-11,14,27H,15H2. The molecule has 0 heterocycles. The lowest BCUT2D eigenvalue weighted by Gasteiger charge is -2.24. The van der Waals surface area contributed by atoms with E-state index >= 15 is 0 Å². The van der Waals surface area contributed by atoms with Gasteiger partial charge in [-0.3, -0.25) is 4.79 Å². The fraction of sp³-hybridized carbons (Fsp3) is 0.136. The van der Waals surface area contributed by atoms with Crippen molar-refractivity contribution in [3.8, 4) is 11.8 Å². The number of hydrogen-bond acceptors (Lipinski definition) is 2.